The van der Waals surface area contributed by atoms with Gasteiger partial charge in [0.2, 0.25) is 0 Å². The van der Waals surface area contributed by atoms with Crippen molar-refractivity contribution in [2.24, 2.45) is 39.9 Å². The molecule has 5 aliphatic rings. The molecule has 5 heteroatoms. The molecule has 0 amide bonds. The summed E-state index contributed by atoms with van der Waals surface area (Å²) in [5.41, 5.74) is 2.61. The van der Waals surface area contributed by atoms with E-state index < -0.39 is 10.1 Å². The number of allylic oxidation sites excluding steroid dienone is 1. The summed E-state index contributed by atoms with van der Waals surface area (Å²) in [6.07, 6.45) is 14.2. The minimum absolute atomic E-state index is 0.0956. The zero-order valence-electron chi connectivity index (χ0n) is 23.1. The van der Waals surface area contributed by atoms with Gasteiger partial charge in [0.1, 0.15) is 5.78 Å². The first-order chi connectivity index (χ1) is 17.5. The predicted octanol–water partition coefficient (Wildman–Crippen LogP) is 7.41. The van der Waals surface area contributed by atoms with Gasteiger partial charge in [0.05, 0.1) is 11.0 Å². The Kier molecular flexibility index (Phi) is 6.12. The molecule has 1 aromatic rings. The summed E-state index contributed by atoms with van der Waals surface area (Å²) in [6, 6.07) is 6.94. The molecule has 5 aliphatic carbocycles. The lowest BCUT2D eigenvalue weighted by Gasteiger charge is -2.60. The molecule has 0 bridgehead atoms. The van der Waals surface area contributed by atoms with Crippen LogP contribution < -0.4 is 0 Å². The maximum atomic E-state index is 13.3. The van der Waals surface area contributed by atoms with Gasteiger partial charge in [-0.25, -0.2) is 0 Å². The van der Waals surface area contributed by atoms with Crippen LogP contribution in [0.25, 0.3) is 0 Å². The number of carbonyl (C=O) groups excluding carboxylic acids is 1. The lowest BCUT2D eigenvalue weighted by atomic mass is 9.44. The van der Waals surface area contributed by atoms with Gasteiger partial charge in [0.15, 0.2) is 0 Å². The van der Waals surface area contributed by atoms with Crippen molar-refractivity contribution >= 4 is 15.9 Å². The highest BCUT2D eigenvalue weighted by Gasteiger charge is 2.68. The van der Waals surface area contributed by atoms with Crippen LogP contribution in [0.15, 0.2) is 40.8 Å². The first-order valence-corrected chi connectivity index (χ1v) is 16.1. The first kappa shape index (κ1) is 25.8. The molecule has 8 atom stereocenters. The maximum Gasteiger partial charge on any atom is 0.297 e. The summed E-state index contributed by atoms with van der Waals surface area (Å²) in [7, 11) is -3.76. The zero-order chi connectivity index (χ0) is 26.2. The molecule has 0 unspecified atom stereocenters. The standard InChI is InChI=1S/C32H44O4S/c1-21-8-11-26(12-9-21)37(34,35)36-25-14-17-30(3)23(19-25)10-13-27-28(30)15-18-31(4)29(27)20-24-7-5-6-16-32(24,31)22(2)33/h8-12,24-25,27-29H,5-7,13-20H2,1-4H3/t24-,25-,27+,28-,29+,30+,31+,32+/m0/s1. The SMILES string of the molecule is CC(=O)[C@]12CCCC[C@H]1C[C@@H]1[C@@H]3CC=C4C[C@@H](OS(=O)(=O)c5ccc(C)cc5)CC[C@@]4(C)[C@H]3CC[C@]12C. The number of Topliss-reactive ketones (excluding diaryl/α,β-unsaturated/α-hetero) is 1. The van der Waals surface area contributed by atoms with E-state index in [1.165, 1.54) is 44.1 Å². The summed E-state index contributed by atoms with van der Waals surface area (Å²) in [4.78, 5) is 13.6. The molecule has 6 rings (SSSR count). The first-order valence-electron chi connectivity index (χ1n) is 14.7. The molecule has 0 N–H and O–H groups in total. The fraction of sp³-hybridized carbons (Fsp3) is 0.719. The van der Waals surface area contributed by atoms with Crippen LogP contribution in [-0.4, -0.2) is 20.3 Å². The molecular formula is C32H44O4S. The van der Waals surface area contributed by atoms with Crippen molar-refractivity contribution in [3.05, 3.63) is 41.5 Å². The molecule has 1 aromatic carbocycles. The average Bonchev–Trinajstić information content (AvgIpc) is 3.14. The van der Waals surface area contributed by atoms with Crippen LogP contribution in [0.3, 0.4) is 0 Å². The Balaban J connectivity index is 1.24. The number of carbonyl (C=O) groups is 1. The Labute approximate surface area is 223 Å². The van der Waals surface area contributed by atoms with Gasteiger partial charge in [-0.1, -0.05) is 56.0 Å². The highest BCUT2D eigenvalue weighted by molar-refractivity contribution is 7.86. The second-order valence-corrected chi connectivity index (χ2v) is 15.2. The van der Waals surface area contributed by atoms with Crippen LogP contribution in [0.2, 0.25) is 0 Å². The average molecular weight is 525 g/mol. The third kappa shape index (κ3) is 3.69. The third-order valence-electron chi connectivity index (χ3n) is 12.3. The Morgan fingerprint density at radius 2 is 1.73 bits per heavy atom. The zero-order valence-corrected chi connectivity index (χ0v) is 23.9. The molecule has 0 aliphatic heterocycles. The number of ketones is 1. The van der Waals surface area contributed by atoms with Gasteiger partial charge in [0, 0.05) is 5.41 Å². The molecular weight excluding hydrogens is 480 g/mol. The van der Waals surface area contributed by atoms with Crippen molar-refractivity contribution in [2.75, 3.05) is 0 Å². The van der Waals surface area contributed by atoms with E-state index in [2.05, 4.69) is 19.9 Å². The van der Waals surface area contributed by atoms with E-state index in [0.717, 1.165) is 31.2 Å². The fourth-order valence-corrected chi connectivity index (χ4v) is 11.5. The van der Waals surface area contributed by atoms with Crippen LogP contribution in [0.1, 0.15) is 97.0 Å². The Bertz CT molecular complexity index is 1220. The Morgan fingerprint density at radius 3 is 2.46 bits per heavy atom. The number of hydrogen-bond acceptors (Lipinski definition) is 4. The molecule has 37 heavy (non-hydrogen) atoms. The highest BCUT2D eigenvalue weighted by atomic mass is 32.2. The minimum atomic E-state index is -3.76. The third-order valence-corrected chi connectivity index (χ3v) is 13.7. The normalized spacial score (nSPS) is 43.1. The van der Waals surface area contributed by atoms with E-state index in [4.69, 9.17) is 4.18 Å². The Morgan fingerprint density at radius 1 is 0.973 bits per heavy atom. The lowest BCUT2D eigenvalue weighted by Crippen LogP contribution is -2.55. The van der Waals surface area contributed by atoms with E-state index in [-0.39, 0.29) is 27.2 Å². The lowest BCUT2D eigenvalue weighted by molar-refractivity contribution is -0.147. The molecule has 4 nitrogen and oxygen atoms in total. The van der Waals surface area contributed by atoms with Gasteiger partial charge >= 0.3 is 0 Å². The quantitative estimate of drug-likeness (QED) is 0.304. The fourth-order valence-electron chi connectivity index (χ4n) is 10.4. The van der Waals surface area contributed by atoms with Crippen molar-refractivity contribution in [3.63, 3.8) is 0 Å². The summed E-state index contributed by atoms with van der Waals surface area (Å²) in [6.45, 7) is 8.79. The van der Waals surface area contributed by atoms with Crippen molar-refractivity contribution in [1.29, 1.82) is 0 Å². The molecule has 0 aromatic heterocycles. The molecule has 4 fully saturated rings. The van der Waals surface area contributed by atoms with E-state index in [1.54, 1.807) is 12.1 Å². The van der Waals surface area contributed by atoms with Crippen LogP contribution in [-0.2, 0) is 19.1 Å². The van der Waals surface area contributed by atoms with Crippen LogP contribution >= 0.6 is 0 Å². The van der Waals surface area contributed by atoms with Crippen molar-refractivity contribution in [3.8, 4) is 0 Å². The van der Waals surface area contributed by atoms with Crippen LogP contribution in [0.4, 0.5) is 0 Å². The van der Waals surface area contributed by atoms with Crippen molar-refractivity contribution in [2.45, 2.75) is 109 Å². The van der Waals surface area contributed by atoms with Crippen LogP contribution in [0.5, 0.6) is 0 Å². The van der Waals surface area contributed by atoms with E-state index in [9.17, 15) is 13.2 Å². The van der Waals surface area contributed by atoms with Gasteiger partial charge in [-0.15, -0.1) is 0 Å². The number of fused-ring (bicyclic) bond motifs is 7. The minimum Gasteiger partial charge on any atom is -0.299 e. The van der Waals surface area contributed by atoms with E-state index in [0.29, 0.717) is 35.9 Å². The molecule has 0 spiro atoms. The van der Waals surface area contributed by atoms with Gasteiger partial charge in [0.25, 0.3) is 10.1 Å². The summed E-state index contributed by atoms with van der Waals surface area (Å²) in [5, 5.41) is 0. The summed E-state index contributed by atoms with van der Waals surface area (Å²) < 4.78 is 31.8. The maximum absolute atomic E-state index is 13.3. The van der Waals surface area contributed by atoms with Crippen molar-refractivity contribution in [1.82, 2.24) is 0 Å². The topological polar surface area (TPSA) is 60.4 Å². The monoisotopic (exact) mass is 524 g/mol. The van der Waals surface area contributed by atoms with E-state index >= 15 is 0 Å². The van der Waals surface area contributed by atoms with Crippen molar-refractivity contribution < 1.29 is 17.4 Å². The van der Waals surface area contributed by atoms with Gasteiger partial charge in [-0.05, 0) is 118 Å². The smallest absolute Gasteiger partial charge is 0.297 e. The van der Waals surface area contributed by atoms with Gasteiger partial charge < -0.3 is 0 Å². The number of benzene rings is 1. The summed E-state index contributed by atoms with van der Waals surface area (Å²) >= 11 is 0. The highest BCUT2D eigenvalue weighted by Crippen LogP contribution is 2.73. The second kappa shape index (κ2) is 8.78. The number of aryl methyl sites for hydroxylation is 1. The largest absolute Gasteiger partial charge is 0.299 e. The molecule has 4 saturated carbocycles. The van der Waals surface area contributed by atoms with Gasteiger partial charge in [-0.2, -0.15) is 8.42 Å². The summed E-state index contributed by atoms with van der Waals surface area (Å²) in [5.74, 6) is 2.93. The predicted molar refractivity (Wildman–Crippen MR) is 145 cm³/mol. The molecule has 0 saturated heterocycles. The molecule has 0 heterocycles. The molecule has 202 valence electrons. The number of rotatable bonds is 4. The second-order valence-electron chi connectivity index (χ2n) is 13.6. The molecule has 0 radical (unpaired) electrons. The van der Waals surface area contributed by atoms with E-state index in [1.807, 2.05) is 26.0 Å². The van der Waals surface area contributed by atoms with Gasteiger partial charge in [-0.3, -0.25) is 8.98 Å². The number of hydrogen-bond donors (Lipinski definition) is 0. The Hall–Kier alpha value is -1.46. The van der Waals surface area contributed by atoms with Crippen LogP contribution in [0, 0.1) is 46.8 Å².